The van der Waals surface area contributed by atoms with Crippen molar-refractivity contribution in [2.24, 2.45) is 0 Å². The van der Waals surface area contributed by atoms with Gasteiger partial charge in [0, 0.05) is 30.6 Å². The van der Waals surface area contributed by atoms with Gasteiger partial charge >= 0.3 is 0 Å². The number of nitrogens with zero attached hydrogens (tertiary/aromatic N) is 2. The molecule has 1 N–H and O–H groups in total. The normalized spacial score (nSPS) is 12.3. The number of carbonyl (C=O) groups is 2. The Balaban J connectivity index is 2.18. The van der Waals surface area contributed by atoms with Crippen LogP contribution in [0.4, 0.5) is 5.69 Å². The molecule has 0 aromatic heterocycles. The van der Waals surface area contributed by atoms with Crippen LogP contribution in [0.3, 0.4) is 0 Å². The van der Waals surface area contributed by atoms with Crippen LogP contribution in [0.1, 0.15) is 44.7 Å². The second-order valence-corrected chi connectivity index (χ2v) is 11.0. The molecule has 186 valence electrons. The van der Waals surface area contributed by atoms with Crippen molar-refractivity contribution in [2.75, 3.05) is 17.1 Å². The Morgan fingerprint density at radius 1 is 1.06 bits per heavy atom. The van der Waals surface area contributed by atoms with Gasteiger partial charge in [0.15, 0.2) is 0 Å². The fraction of sp³-hybridized carbons (Fsp3) is 0.440. The molecule has 0 fully saturated rings. The van der Waals surface area contributed by atoms with Gasteiger partial charge in [-0.05, 0) is 63.4 Å². The summed E-state index contributed by atoms with van der Waals surface area (Å²) in [5.74, 6) is -0.503. The van der Waals surface area contributed by atoms with Gasteiger partial charge in [-0.25, -0.2) is 8.42 Å². The van der Waals surface area contributed by atoms with E-state index in [1.807, 2.05) is 39.0 Å². The lowest BCUT2D eigenvalue weighted by Crippen LogP contribution is -2.49. The molecule has 0 aliphatic rings. The summed E-state index contributed by atoms with van der Waals surface area (Å²) in [5.41, 5.74) is 2.24. The van der Waals surface area contributed by atoms with Gasteiger partial charge in [0.1, 0.15) is 6.04 Å². The number of sulfonamides is 1. The minimum absolute atomic E-state index is 0.0649. The van der Waals surface area contributed by atoms with Gasteiger partial charge in [-0.3, -0.25) is 13.9 Å². The van der Waals surface area contributed by atoms with Crippen LogP contribution in [0, 0.1) is 6.92 Å². The quantitative estimate of drug-likeness (QED) is 0.495. The lowest BCUT2D eigenvalue weighted by atomic mass is 10.1. The number of hydrogen-bond donors (Lipinski definition) is 1. The number of rotatable bonds is 11. The lowest BCUT2D eigenvalue weighted by Gasteiger charge is -2.30. The summed E-state index contributed by atoms with van der Waals surface area (Å²) in [7, 11) is -3.52. The fourth-order valence-corrected chi connectivity index (χ4v) is 4.74. The highest BCUT2D eigenvalue weighted by molar-refractivity contribution is 7.92. The standard InChI is InChI=1S/C25H34ClN3O4S/c1-18(2)27-25(31)20(4)28(17-21-11-6-7-13-23(21)26)24(30)14-9-15-29(34(5,32)33)22-12-8-10-19(3)16-22/h6-8,10-13,16,18,20H,9,14-15,17H2,1-5H3,(H,27,31). The zero-order chi connectivity index (χ0) is 25.5. The van der Waals surface area contributed by atoms with Gasteiger partial charge in [0.2, 0.25) is 21.8 Å². The Morgan fingerprint density at radius 3 is 2.32 bits per heavy atom. The van der Waals surface area contributed by atoms with Crippen LogP contribution in [-0.2, 0) is 26.2 Å². The smallest absolute Gasteiger partial charge is 0.242 e. The van der Waals surface area contributed by atoms with E-state index in [1.165, 1.54) is 9.21 Å². The first-order valence-electron chi connectivity index (χ1n) is 11.3. The summed E-state index contributed by atoms with van der Waals surface area (Å²) in [5, 5.41) is 3.36. The first kappa shape index (κ1) is 27.7. The molecule has 0 heterocycles. The van der Waals surface area contributed by atoms with Gasteiger partial charge in [-0.2, -0.15) is 0 Å². The van der Waals surface area contributed by atoms with E-state index in [-0.39, 0.29) is 37.4 Å². The maximum atomic E-state index is 13.2. The van der Waals surface area contributed by atoms with Crippen molar-refractivity contribution in [3.8, 4) is 0 Å². The van der Waals surface area contributed by atoms with Crippen LogP contribution in [0.25, 0.3) is 0 Å². The first-order valence-corrected chi connectivity index (χ1v) is 13.5. The molecule has 0 saturated carbocycles. The zero-order valence-electron chi connectivity index (χ0n) is 20.4. The molecule has 0 aliphatic carbocycles. The topological polar surface area (TPSA) is 86.8 Å². The van der Waals surface area contributed by atoms with Crippen molar-refractivity contribution < 1.29 is 18.0 Å². The summed E-state index contributed by atoms with van der Waals surface area (Å²) in [4.78, 5) is 27.4. The average Bonchev–Trinajstić information content (AvgIpc) is 2.74. The summed E-state index contributed by atoms with van der Waals surface area (Å²) >= 11 is 6.31. The number of hydrogen-bond acceptors (Lipinski definition) is 4. The highest BCUT2D eigenvalue weighted by Gasteiger charge is 2.27. The number of halogens is 1. The highest BCUT2D eigenvalue weighted by Crippen LogP contribution is 2.22. The predicted molar refractivity (Wildman–Crippen MR) is 137 cm³/mol. The summed E-state index contributed by atoms with van der Waals surface area (Å²) in [6, 6.07) is 13.6. The van der Waals surface area contributed by atoms with Crippen LogP contribution >= 0.6 is 11.6 Å². The second-order valence-electron chi connectivity index (χ2n) is 8.73. The van der Waals surface area contributed by atoms with Crippen LogP contribution in [0.15, 0.2) is 48.5 Å². The molecule has 0 spiro atoms. The molecule has 2 aromatic carbocycles. The predicted octanol–water partition coefficient (Wildman–Crippen LogP) is 4.14. The molecule has 34 heavy (non-hydrogen) atoms. The Kier molecular flexibility index (Phi) is 9.94. The van der Waals surface area contributed by atoms with E-state index in [2.05, 4.69) is 5.32 Å². The highest BCUT2D eigenvalue weighted by atomic mass is 35.5. The van der Waals surface area contributed by atoms with Gasteiger partial charge in [-0.15, -0.1) is 0 Å². The molecular formula is C25H34ClN3O4S. The molecule has 0 bridgehead atoms. The molecule has 0 aliphatic heterocycles. The number of benzene rings is 2. The Hall–Kier alpha value is -2.58. The monoisotopic (exact) mass is 507 g/mol. The molecule has 2 amide bonds. The molecule has 0 saturated heterocycles. The molecule has 2 rings (SSSR count). The van der Waals surface area contributed by atoms with Crippen molar-refractivity contribution in [3.63, 3.8) is 0 Å². The average molecular weight is 508 g/mol. The molecule has 7 nitrogen and oxygen atoms in total. The maximum Gasteiger partial charge on any atom is 0.242 e. The number of anilines is 1. The SMILES string of the molecule is Cc1cccc(N(CCCC(=O)N(Cc2ccccc2Cl)C(C)C(=O)NC(C)C)S(C)(=O)=O)c1. The van der Waals surface area contributed by atoms with E-state index in [0.717, 1.165) is 17.4 Å². The Morgan fingerprint density at radius 2 is 1.74 bits per heavy atom. The van der Waals surface area contributed by atoms with E-state index in [0.29, 0.717) is 17.1 Å². The maximum absolute atomic E-state index is 13.2. The molecule has 9 heteroatoms. The van der Waals surface area contributed by atoms with Crippen LogP contribution in [0.2, 0.25) is 5.02 Å². The largest absolute Gasteiger partial charge is 0.352 e. The zero-order valence-corrected chi connectivity index (χ0v) is 22.0. The van der Waals surface area contributed by atoms with E-state index in [1.54, 1.807) is 37.3 Å². The van der Waals surface area contributed by atoms with Crippen molar-refractivity contribution in [1.29, 1.82) is 0 Å². The second kappa shape index (κ2) is 12.2. The van der Waals surface area contributed by atoms with Crippen LogP contribution in [0.5, 0.6) is 0 Å². The number of carbonyl (C=O) groups excluding carboxylic acids is 2. The van der Waals surface area contributed by atoms with Gasteiger partial charge in [0.05, 0.1) is 11.9 Å². The van der Waals surface area contributed by atoms with Crippen molar-refractivity contribution in [1.82, 2.24) is 10.2 Å². The third kappa shape index (κ3) is 8.02. The van der Waals surface area contributed by atoms with E-state index >= 15 is 0 Å². The molecule has 1 atom stereocenters. The Labute approximate surface area is 208 Å². The minimum atomic E-state index is -3.52. The molecule has 1 unspecified atom stereocenters. The van der Waals surface area contributed by atoms with Gasteiger partial charge < -0.3 is 10.2 Å². The summed E-state index contributed by atoms with van der Waals surface area (Å²) in [6.07, 6.45) is 1.54. The van der Waals surface area contributed by atoms with Gasteiger partial charge in [0.25, 0.3) is 0 Å². The number of aryl methyl sites for hydroxylation is 1. The van der Waals surface area contributed by atoms with Crippen molar-refractivity contribution in [2.45, 2.75) is 59.2 Å². The fourth-order valence-electron chi connectivity index (χ4n) is 3.58. The summed E-state index contributed by atoms with van der Waals surface area (Å²) in [6.45, 7) is 7.62. The van der Waals surface area contributed by atoms with Gasteiger partial charge in [-0.1, -0.05) is 41.9 Å². The van der Waals surface area contributed by atoms with E-state index in [4.69, 9.17) is 11.6 Å². The van der Waals surface area contributed by atoms with Crippen molar-refractivity contribution in [3.05, 3.63) is 64.7 Å². The van der Waals surface area contributed by atoms with E-state index in [9.17, 15) is 18.0 Å². The first-order chi connectivity index (χ1) is 15.9. The third-order valence-corrected chi connectivity index (χ3v) is 6.90. The Bertz CT molecular complexity index is 1100. The number of amides is 2. The third-order valence-electron chi connectivity index (χ3n) is 5.34. The van der Waals surface area contributed by atoms with Crippen molar-refractivity contribution >= 4 is 39.1 Å². The minimum Gasteiger partial charge on any atom is -0.352 e. The molecule has 0 radical (unpaired) electrons. The molecular weight excluding hydrogens is 474 g/mol. The molecule has 2 aromatic rings. The lowest BCUT2D eigenvalue weighted by molar-refractivity contribution is -0.140. The summed E-state index contributed by atoms with van der Waals surface area (Å²) < 4.78 is 26.1. The van der Waals surface area contributed by atoms with Crippen LogP contribution < -0.4 is 9.62 Å². The number of nitrogens with one attached hydrogen (secondary N) is 1. The van der Waals surface area contributed by atoms with E-state index < -0.39 is 16.1 Å². The van der Waals surface area contributed by atoms with Crippen LogP contribution in [-0.4, -0.2) is 50.0 Å².